The van der Waals surface area contributed by atoms with Gasteiger partial charge in [-0.25, -0.2) is 4.39 Å². The van der Waals surface area contributed by atoms with Crippen LogP contribution in [0.25, 0.3) is 0 Å². The summed E-state index contributed by atoms with van der Waals surface area (Å²) in [6, 6.07) is 13.5. The zero-order valence-electron chi connectivity index (χ0n) is 15.8. The Bertz CT molecular complexity index is 972. The minimum absolute atomic E-state index is 0.00522. The van der Waals surface area contributed by atoms with Crippen LogP contribution in [0.3, 0.4) is 0 Å². The molecule has 0 unspecified atom stereocenters. The molecule has 1 atom stereocenters. The highest BCUT2D eigenvalue weighted by atomic mass is 32.2. The Labute approximate surface area is 167 Å². The maximum Gasteiger partial charge on any atom is 0.257 e. The summed E-state index contributed by atoms with van der Waals surface area (Å²) in [7, 11) is 0. The molecule has 1 heterocycles. The SMILES string of the molecule is C=C1C[C@@](C)(c2cc(CC(C)=O)ccc2F)N=C(NC(=O)c2ccccc2)S1. The lowest BCUT2D eigenvalue weighted by Gasteiger charge is -2.32. The van der Waals surface area contributed by atoms with Gasteiger partial charge in [-0.3, -0.25) is 14.6 Å². The number of halogens is 1. The normalized spacial score (nSPS) is 19.1. The first-order chi connectivity index (χ1) is 13.3. The number of aliphatic imine (C=N–C) groups is 1. The van der Waals surface area contributed by atoms with Crippen LogP contribution in [-0.2, 0) is 16.8 Å². The van der Waals surface area contributed by atoms with E-state index in [1.54, 1.807) is 36.4 Å². The third-order valence-corrected chi connectivity index (χ3v) is 5.27. The van der Waals surface area contributed by atoms with Crippen LogP contribution in [0.2, 0.25) is 0 Å². The molecule has 2 aromatic rings. The number of amidine groups is 1. The monoisotopic (exact) mass is 396 g/mol. The van der Waals surface area contributed by atoms with Gasteiger partial charge in [-0.1, -0.05) is 42.6 Å². The number of Topliss-reactive ketones (excluding diaryl/α,β-unsaturated/α-hetero) is 1. The van der Waals surface area contributed by atoms with Gasteiger partial charge in [0.05, 0.1) is 5.54 Å². The van der Waals surface area contributed by atoms with E-state index in [9.17, 15) is 14.0 Å². The van der Waals surface area contributed by atoms with E-state index < -0.39 is 11.4 Å². The van der Waals surface area contributed by atoms with E-state index >= 15 is 0 Å². The summed E-state index contributed by atoms with van der Waals surface area (Å²) in [4.78, 5) is 29.3. The third kappa shape index (κ3) is 4.57. The van der Waals surface area contributed by atoms with Gasteiger partial charge in [0, 0.05) is 24.0 Å². The van der Waals surface area contributed by atoms with E-state index in [0.717, 1.165) is 10.5 Å². The summed E-state index contributed by atoms with van der Waals surface area (Å²) in [5.41, 5.74) is 0.718. The molecule has 6 heteroatoms. The third-order valence-electron chi connectivity index (χ3n) is 4.45. The second kappa shape index (κ2) is 8.10. The lowest BCUT2D eigenvalue weighted by atomic mass is 9.87. The van der Waals surface area contributed by atoms with Crippen LogP contribution in [0.1, 0.15) is 41.8 Å². The van der Waals surface area contributed by atoms with Gasteiger partial charge in [-0.2, -0.15) is 0 Å². The van der Waals surface area contributed by atoms with Crippen LogP contribution in [0, 0.1) is 5.82 Å². The van der Waals surface area contributed by atoms with Crippen molar-refractivity contribution < 1.29 is 14.0 Å². The average Bonchev–Trinajstić information content (AvgIpc) is 2.62. The fourth-order valence-corrected chi connectivity index (χ4v) is 4.21. The Balaban J connectivity index is 1.93. The fraction of sp³-hybridized carbons (Fsp3) is 0.227. The molecule has 0 aliphatic carbocycles. The zero-order valence-corrected chi connectivity index (χ0v) is 16.6. The standard InChI is InChI=1S/C22H21FN2O2S/c1-14(26)11-16-9-10-19(23)18(12-16)22(3)13-15(2)28-21(25-22)24-20(27)17-7-5-4-6-8-17/h4-10,12H,2,11,13H2,1,3H3,(H,24,25,27)/t22-/m0/s1. The Morgan fingerprint density at radius 2 is 1.96 bits per heavy atom. The molecular formula is C22H21FN2O2S. The maximum absolute atomic E-state index is 14.6. The molecule has 3 rings (SSSR count). The first-order valence-corrected chi connectivity index (χ1v) is 9.69. The number of hydrogen-bond acceptors (Lipinski definition) is 4. The number of amides is 1. The largest absolute Gasteiger partial charge is 0.301 e. The van der Waals surface area contributed by atoms with Gasteiger partial charge >= 0.3 is 0 Å². The van der Waals surface area contributed by atoms with Gasteiger partial charge in [0.15, 0.2) is 5.17 Å². The molecule has 1 aliphatic rings. The number of hydrogen-bond donors (Lipinski definition) is 1. The van der Waals surface area contributed by atoms with Crippen LogP contribution < -0.4 is 5.32 Å². The van der Waals surface area contributed by atoms with E-state index in [1.807, 2.05) is 13.0 Å². The van der Waals surface area contributed by atoms with Crippen molar-refractivity contribution in [3.63, 3.8) is 0 Å². The van der Waals surface area contributed by atoms with Gasteiger partial charge < -0.3 is 5.32 Å². The number of ketones is 1. The molecule has 0 saturated carbocycles. The number of nitrogens with zero attached hydrogens (tertiary/aromatic N) is 1. The van der Waals surface area contributed by atoms with Crippen LogP contribution in [0.5, 0.6) is 0 Å². The summed E-state index contributed by atoms with van der Waals surface area (Å²) >= 11 is 1.27. The molecule has 4 nitrogen and oxygen atoms in total. The smallest absolute Gasteiger partial charge is 0.257 e. The number of carbonyl (C=O) groups excluding carboxylic acids is 2. The fourth-order valence-electron chi connectivity index (χ4n) is 3.19. The van der Waals surface area contributed by atoms with E-state index in [2.05, 4.69) is 16.9 Å². The number of thioether (sulfide) groups is 1. The quantitative estimate of drug-likeness (QED) is 0.821. The summed E-state index contributed by atoms with van der Waals surface area (Å²) in [6.45, 7) is 7.33. The molecule has 0 spiro atoms. The van der Waals surface area contributed by atoms with Crippen molar-refractivity contribution in [3.05, 3.63) is 82.5 Å². The topological polar surface area (TPSA) is 58.5 Å². The molecule has 144 valence electrons. The summed E-state index contributed by atoms with van der Waals surface area (Å²) in [5, 5.41) is 3.17. The van der Waals surface area contributed by atoms with Crippen molar-refractivity contribution in [2.75, 3.05) is 0 Å². The second-order valence-electron chi connectivity index (χ2n) is 7.02. The van der Waals surface area contributed by atoms with Gasteiger partial charge in [0.1, 0.15) is 11.6 Å². The van der Waals surface area contributed by atoms with E-state index in [0.29, 0.717) is 22.7 Å². The first-order valence-electron chi connectivity index (χ1n) is 8.87. The van der Waals surface area contributed by atoms with Crippen LogP contribution in [0.15, 0.2) is 65.0 Å². The Morgan fingerprint density at radius 1 is 1.25 bits per heavy atom. The Hall–Kier alpha value is -2.73. The summed E-state index contributed by atoms with van der Waals surface area (Å²) < 4.78 is 14.6. The van der Waals surface area contributed by atoms with E-state index in [4.69, 9.17) is 0 Å². The molecule has 0 fully saturated rings. The van der Waals surface area contributed by atoms with Gasteiger partial charge in [0.25, 0.3) is 5.91 Å². The van der Waals surface area contributed by atoms with Crippen LogP contribution in [-0.4, -0.2) is 16.9 Å². The van der Waals surface area contributed by atoms with Crippen molar-refractivity contribution in [2.45, 2.75) is 32.2 Å². The highest BCUT2D eigenvalue weighted by molar-refractivity contribution is 8.17. The lowest BCUT2D eigenvalue weighted by Crippen LogP contribution is -2.35. The van der Waals surface area contributed by atoms with E-state index in [-0.39, 0.29) is 18.1 Å². The first kappa shape index (κ1) is 20.0. The highest BCUT2D eigenvalue weighted by Crippen LogP contribution is 2.42. The molecule has 0 bridgehead atoms. The molecule has 2 aromatic carbocycles. The molecular weight excluding hydrogens is 375 g/mol. The second-order valence-corrected chi connectivity index (χ2v) is 8.19. The Morgan fingerprint density at radius 3 is 2.64 bits per heavy atom. The summed E-state index contributed by atoms with van der Waals surface area (Å²) in [6.07, 6.45) is 0.670. The van der Waals surface area contributed by atoms with Gasteiger partial charge in [0.2, 0.25) is 0 Å². The number of carbonyl (C=O) groups is 2. The number of nitrogens with one attached hydrogen (secondary N) is 1. The summed E-state index contributed by atoms with van der Waals surface area (Å²) in [5.74, 6) is -0.674. The van der Waals surface area contributed by atoms with Crippen LogP contribution in [0.4, 0.5) is 4.39 Å². The number of benzene rings is 2. The molecule has 0 radical (unpaired) electrons. The minimum Gasteiger partial charge on any atom is -0.301 e. The predicted molar refractivity (Wildman–Crippen MR) is 111 cm³/mol. The van der Waals surface area contributed by atoms with Gasteiger partial charge in [-0.05, 0) is 48.6 Å². The van der Waals surface area contributed by atoms with Gasteiger partial charge in [-0.15, -0.1) is 0 Å². The van der Waals surface area contributed by atoms with Crippen molar-refractivity contribution in [2.24, 2.45) is 4.99 Å². The minimum atomic E-state index is -0.918. The average molecular weight is 396 g/mol. The predicted octanol–water partition coefficient (Wildman–Crippen LogP) is 4.61. The van der Waals surface area contributed by atoms with Crippen molar-refractivity contribution >= 4 is 28.6 Å². The lowest BCUT2D eigenvalue weighted by molar-refractivity contribution is -0.116. The molecule has 1 aliphatic heterocycles. The zero-order chi connectivity index (χ0) is 20.3. The maximum atomic E-state index is 14.6. The Kier molecular flexibility index (Phi) is 5.79. The molecule has 0 saturated heterocycles. The van der Waals surface area contributed by atoms with E-state index in [1.165, 1.54) is 24.8 Å². The molecule has 28 heavy (non-hydrogen) atoms. The van der Waals surface area contributed by atoms with Crippen LogP contribution >= 0.6 is 11.8 Å². The molecule has 1 amide bonds. The van der Waals surface area contributed by atoms with Crippen molar-refractivity contribution in [1.82, 2.24) is 5.32 Å². The highest BCUT2D eigenvalue weighted by Gasteiger charge is 2.35. The van der Waals surface area contributed by atoms with Crippen molar-refractivity contribution in [1.29, 1.82) is 0 Å². The molecule has 1 N–H and O–H groups in total. The van der Waals surface area contributed by atoms with Crippen molar-refractivity contribution in [3.8, 4) is 0 Å². The molecule has 0 aromatic heterocycles. The number of rotatable bonds is 4.